The van der Waals surface area contributed by atoms with Crippen molar-refractivity contribution in [2.75, 3.05) is 6.26 Å². The van der Waals surface area contributed by atoms with Crippen LogP contribution in [0, 0.1) is 5.41 Å². The third kappa shape index (κ3) is 5.11. The maximum atomic E-state index is 5.65. The van der Waals surface area contributed by atoms with E-state index in [0.717, 1.165) is 12.8 Å². The molecule has 1 rings (SSSR count). The van der Waals surface area contributed by atoms with Crippen molar-refractivity contribution in [3.8, 4) is 0 Å². The van der Waals surface area contributed by atoms with Gasteiger partial charge in [-0.3, -0.25) is 11.3 Å². The van der Waals surface area contributed by atoms with Crippen molar-refractivity contribution in [2.45, 2.75) is 44.6 Å². The molecule has 0 aliphatic heterocycles. The molecule has 0 radical (unpaired) electrons. The van der Waals surface area contributed by atoms with Gasteiger partial charge in [-0.25, -0.2) is 0 Å². The lowest BCUT2D eigenvalue weighted by molar-refractivity contribution is 0.333. The van der Waals surface area contributed by atoms with Gasteiger partial charge < -0.3 is 0 Å². The minimum atomic E-state index is 0.255. The fourth-order valence-corrected chi connectivity index (χ4v) is 2.17. The quantitative estimate of drug-likeness (QED) is 0.476. The van der Waals surface area contributed by atoms with Gasteiger partial charge in [0.25, 0.3) is 0 Å². The first-order valence-electron chi connectivity index (χ1n) is 6.06. The second-order valence-electron chi connectivity index (χ2n) is 5.59. The average molecular weight is 252 g/mol. The molecule has 17 heavy (non-hydrogen) atoms. The Hall–Kier alpha value is -0.510. The molecule has 96 valence electrons. The number of nitrogens with two attached hydrogens (primary N) is 1. The summed E-state index contributed by atoms with van der Waals surface area (Å²) in [5, 5.41) is 0. The summed E-state index contributed by atoms with van der Waals surface area (Å²) in [6, 6.07) is 8.89. The highest BCUT2D eigenvalue weighted by atomic mass is 32.2. The molecular weight excluding hydrogens is 228 g/mol. The van der Waals surface area contributed by atoms with Crippen LogP contribution in [0.3, 0.4) is 0 Å². The Balaban J connectivity index is 2.66. The first kappa shape index (κ1) is 14.6. The SMILES string of the molecule is CSc1ccc(C(CCC(C)(C)C)NN)cc1. The molecule has 1 atom stereocenters. The largest absolute Gasteiger partial charge is 0.271 e. The Morgan fingerprint density at radius 1 is 1.24 bits per heavy atom. The molecule has 0 bridgehead atoms. The summed E-state index contributed by atoms with van der Waals surface area (Å²) in [7, 11) is 0. The van der Waals surface area contributed by atoms with Crippen molar-refractivity contribution in [1.29, 1.82) is 0 Å². The molecule has 3 N–H and O–H groups in total. The number of hydrogen-bond acceptors (Lipinski definition) is 3. The van der Waals surface area contributed by atoms with Crippen LogP contribution in [0.5, 0.6) is 0 Å². The van der Waals surface area contributed by atoms with Crippen molar-refractivity contribution >= 4 is 11.8 Å². The van der Waals surface area contributed by atoms with Gasteiger partial charge in [-0.1, -0.05) is 32.9 Å². The van der Waals surface area contributed by atoms with Crippen LogP contribution in [0.15, 0.2) is 29.2 Å². The van der Waals surface area contributed by atoms with E-state index in [1.807, 2.05) is 0 Å². The molecule has 2 nitrogen and oxygen atoms in total. The first-order chi connectivity index (χ1) is 7.96. The van der Waals surface area contributed by atoms with Crippen LogP contribution in [0.25, 0.3) is 0 Å². The zero-order valence-electron chi connectivity index (χ0n) is 11.3. The monoisotopic (exact) mass is 252 g/mol. The van der Waals surface area contributed by atoms with Crippen LogP contribution in [-0.4, -0.2) is 6.26 Å². The van der Waals surface area contributed by atoms with E-state index in [-0.39, 0.29) is 6.04 Å². The van der Waals surface area contributed by atoms with Gasteiger partial charge in [0.2, 0.25) is 0 Å². The Kier molecular flexibility index (Phi) is 5.50. The van der Waals surface area contributed by atoms with E-state index in [1.54, 1.807) is 11.8 Å². The van der Waals surface area contributed by atoms with E-state index in [2.05, 4.69) is 56.7 Å². The third-order valence-electron chi connectivity index (χ3n) is 2.90. The maximum Gasteiger partial charge on any atom is 0.0460 e. The number of benzene rings is 1. The normalized spacial score (nSPS) is 13.7. The summed E-state index contributed by atoms with van der Waals surface area (Å²) >= 11 is 1.76. The van der Waals surface area contributed by atoms with Crippen molar-refractivity contribution < 1.29 is 0 Å². The van der Waals surface area contributed by atoms with Crippen molar-refractivity contribution in [3.63, 3.8) is 0 Å². The van der Waals surface area contributed by atoms with Crippen LogP contribution in [0.1, 0.15) is 45.2 Å². The van der Waals surface area contributed by atoms with Crippen LogP contribution in [-0.2, 0) is 0 Å². The molecule has 1 unspecified atom stereocenters. The minimum absolute atomic E-state index is 0.255. The van der Waals surface area contributed by atoms with E-state index in [9.17, 15) is 0 Å². The van der Waals surface area contributed by atoms with Crippen molar-refractivity contribution in [3.05, 3.63) is 29.8 Å². The molecule has 0 aliphatic carbocycles. The number of hydrazine groups is 1. The molecule has 1 aromatic rings. The van der Waals surface area contributed by atoms with E-state index in [0.29, 0.717) is 5.41 Å². The zero-order chi connectivity index (χ0) is 12.9. The van der Waals surface area contributed by atoms with Gasteiger partial charge >= 0.3 is 0 Å². The number of rotatable bonds is 5. The molecule has 3 heteroatoms. The summed E-state index contributed by atoms with van der Waals surface area (Å²) in [4.78, 5) is 1.29. The van der Waals surface area contributed by atoms with Crippen LogP contribution < -0.4 is 11.3 Å². The summed E-state index contributed by atoms with van der Waals surface area (Å²) < 4.78 is 0. The Morgan fingerprint density at radius 2 is 1.82 bits per heavy atom. The van der Waals surface area contributed by atoms with Crippen molar-refractivity contribution in [2.24, 2.45) is 11.3 Å². The molecule has 1 aromatic carbocycles. The Morgan fingerprint density at radius 3 is 2.24 bits per heavy atom. The van der Waals surface area contributed by atoms with Crippen molar-refractivity contribution in [1.82, 2.24) is 5.43 Å². The highest BCUT2D eigenvalue weighted by Gasteiger charge is 2.15. The summed E-state index contributed by atoms with van der Waals surface area (Å²) in [6.07, 6.45) is 4.32. The molecule has 0 aromatic heterocycles. The van der Waals surface area contributed by atoms with Gasteiger partial charge in [0, 0.05) is 10.9 Å². The predicted octanol–water partition coefficient (Wildman–Crippen LogP) is 3.74. The van der Waals surface area contributed by atoms with E-state index in [4.69, 9.17) is 5.84 Å². The van der Waals surface area contributed by atoms with Gasteiger partial charge in [-0.15, -0.1) is 11.8 Å². The number of nitrogens with one attached hydrogen (secondary N) is 1. The molecule has 0 saturated heterocycles. The second kappa shape index (κ2) is 6.43. The molecule has 0 fully saturated rings. The van der Waals surface area contributed by atoms with Gasteiger partial charge in [-0.05, 0) is 42.2 Å². The summed E-state index contributed by atoms with van der Waals surface area (Å²) in [5.41, 5.74) is 4.55. The molecular formula is C14H24N2S. The smallest absolute Gasteiger partial charge is 0.0460 e. The second-order valence-corrected chi connectivity index (χ2v) is 6.47. The summed E-state index contributed by atoms with van der Waals surface area (Å²) in [5.74, 6) is 5.65. The van der Waals surface area contributed by atoms with Crippen LogP contribution >= 0.6 is 11.8 Å². The number of thioether (sulfide) groups is 1. The standard InChI is InChI=1S/C14H24N2S/c1-14(2,3)10-9-13(16-15)11-5-7-12(17-4)8-6-11/h5-8,13,16H,9-10,15H2,1-4H3. The number of hydrogen-bond donors (Lipinski definition) is 2. The fourth-order valence-electron chi connectivity index (χ4n) is 1.76. The summed E-state index contributed by atoms with van der Waals surface area (Å²) in [6.45, 7) is 6.78. The predicted molar refractivity (Wildman–Crippen MR) is 77.0 cm³/mol. The van der Waals surface area contributed by atoms with E-state index < -0.39 is 0 Å². The maximum absolute atomic E-state index is 5.65. The third-order valence-corrected chi connectivity index (χ3v) is 3.65. The highest BCUT2D eigenvalue weighted by molar-refractivity contribution is 7.98. The van der Waals surface area contributed by atoms with Gasteiger partial charge in [0.15, 0.2) is 0 Å². The van der Waals surface area contributed by atoms with Gasteiger partial charge in [0.05, 0.1) is 0 Å². The molecule has 0 aliphatic rings. The molecule has 0 amide bonds. The molecule has 0 heterocycles. The Labute approximate surface area is 109 Å². The van der Waals surface area contributed by atoms with Crippen LogP contribution in [0.2, 0.25) is 0 Å². The topological polar surface area (TPSA) is 38.0 Å². The van der Waals surface area contributed by atoms with E-state index >= 15 is 0 Å². The highest BCUT2D eigenvalue weighted by Crippen LogP contribution is 2.27. The first-order valence-corrected chi connectivity index (χ1v) is 7.29. The van der Waals surface area contributed by atoms with E-state index in [1.165, 1.54) is 10.5 Å². The van der Waals surface area contributed by atoms with Gasteiger partial charge in [0.1, 0.15) is 0 Å². The minimum Gasteiger partial charge on any atom is -0.271 e. The fraction of sp³-hybridized carbons (Fsp3) is 0.571. The molecule has 0 spiro atoms. The lowest BCUT2D eigenvalue weighted by Crippen LogP contribution is -2.28. The lowest BCUT2D eigenvalue weighted by Gasteiger charge is -2.23. The Bertz CT molecular complexity index is 327. The molecule has 0 saturated carbocycles. The zero-order valence-corrected chi connectivity index (χ0v) is 12.1. The average Bonchev–Trinajstić information content (AvgIpc) is 2.29. The van der Waals surface area contributed by atoms with Gasteiger partial charge in [-0.2, -0.15) is 0 Å². The van der Waals surface area contributed by atoms with Crippen LogP contribution in [0.4, 0.5) is 0 Å². The lowest BCUT2D eigenvalue weighted by atomic mass is 9.87.